The highest BCUT2D eigenvalue weighted by molar-refractivity contribution is 5.88. The Bertz CT molecular complexity index is 1200. The topological polar surface area (TPSA) is 64.4 Å². The number of hydrogen-bond acceptors (Lipinski definition) is 4. The van der Waals surface area contributed by atoms with Crippen LogP contribution in [-0.2, 0) is 21.5 Å². The minimum atomic E-state index is -0.513. The zero-order valence-electron chi connectivity index (χ0n) is 18.6. The lowest BCUT2D eigenvalue weighted by Gasteiger charge is -2.42. The summed E-state index contributed by atoms with van der Waals surface area (Å²) in [7, 11) is 0. The summed E-state index contributed by atoms with van der Waals surface area (Å²) in [6, 6.07) is 14.2. The standard InChI is InChI=1S/C26H28FN3O3/c27-21-6-7-22-23(16-21)28-18-30(24(22)31)17-19-8-12-29(13-9-19)25(32)26(10-14-33-15-11-26)20-4-2-1-3-5-20/h1-7,16,18-19H,8-15,17H2. The maximum atomic E-state index is 13.7. The second-order valence-electron chi connectivity index (χ2n) is 9.16. The third-order valence-electron chi connectivity index (χ3n) is 7.23. The summed E-state index contributed by atoms with van der Waals surface area (Å²) in [4.78, 5) is 32.8. The van der Waals surface area contributed by atoms with E-state index in [-0.39, 0.29) is 17.4 Å². The number of carbonyl (C=O) groups excluding carboxylic acids is 1. The summed E-state index contributed by atoms with van der Waals surface area (Å²) in [6.07, 6.45) is 4.58. The van der Waals surface area contributed by atoms with E-state index in [9.17, 15) is 14.0 Å². The predicted molar refractivity (Wildman–Crippen MR) is 123 cm³/mol. The molecule has 3 heterocycles. The number of nitrogens with zero attached hydrogens (tertiary/aromatic N) is 3. The van der Waals surface area contributed by atoms with Crippen LogP contribution in [0.3, 0.4) is 0 Å². The number of rotatable bonds is 4. The van der Waals surface area contributed by atoms with Crippen LogP contribution in [0.2, 0.25) is 0 Å². The smallest absolute Gasteiger partial charge is 0.261 e. The number of halogens is 1. The van der Waals surface area contributed by atoms with E-state index in [4.69, 9.17) is 4.74 Å². The van der Waals surface area contributed by atoms with Gasteiger partial charge in [0, 0.05) is 38.9 Å². The Labute approximate surface area is 192 Å². The van der Waals surface area contributed by atoms with Crippen molar-refractivity contribution in [3.05, 3.63) is 76.6 Å². The lowest BCUT2D eigenvalue weighted by Crippen LogP contribution is -2.52. The Morgan fingerprint density at radius 2 is 1.82 bits per heavy atom. The lowest BCUT2D eigenvalue weighted by molar-refractivity contribution is -0.142. The molecule has 172 valence electrons. The molecule has 6 nitrogen and oxygen atoms in total. The van der Waals surface area contributed by atoms with Gasteiger partial charge in [0.1, 0.15) is 5.82 Å². The molecule has 0 aliphatic carbocycles. The van der Waals surface area contributed by atoms with Crippen molar-refractivity contribution in [2.24, 2.45) is 5.92 Å². The molecule has 3 aromatic rings. The van der Waals surface area contributed by atoms with Crippen LogP contribution < -0.4 is 5.56 Å². The molecular formula is C26H28FN3O3. The molecule has 0 saturated carbocycles. The molecule has 0 bridgehead atoms. The molecule has 2 saturated heterocycles. The van der Waals surface area contributed by atoms with Gasteiger partial charge < -0.3 is 9.64 Å². The molecule has 1 aromatic heterocycles. The highest BCUT2D eigenvalue weighted by atomic mass is 19.1. The Hall–Kier alpha value is -3.06. The first kappa shape index (κ1) is 21.8. The molecule has 0 spiro atoms. The molecule has 2 aliphatic rings. The van der Waals surface area contributed by atoms with Crippen LogP contribution in [0.1, 0.15) is 31.2 Å². The Kier molecular flexibility index (Phi) is 5.98. The number of piperidine rings is 1. The van der Waals surface area contributed by atoms with Gasteiger partial charge in [-0.1, -0.05) is 30.3 Å². The van der Waals surface area contributed by atoms with Gasteiger partial charge in [-0.3, -0.25) is 14.2 Å². The molecule has 33 heavy (non-hydrogen) atoms. The number of aromatic nitrogens is 2. The molecule has 0 unspecified atom stereocenters. The zero-order chi connectivity index (χ0) is 22.8. The molecular weight excluding hydrogens is 421 g/mol. The van der Waals surface area contributed by atoms with Crippen molar-refractivity contribution in [2.45, 2.75) is 37.6 Å². The first-order valence-electron chi connectivity index (χ1n) is 11.6. The van der Waals surface area contributed by atoms with Gasteiger partial charge in [0.2, 0.25) is 5.91 Å². The van der Waals surface area contributed by atoms with Gasteiger partial charge in [-0.2, -0.15) is 0 Å². The van der Waals surface area contributed by atoms with E-state index in [0.717, 1.165) is 18.4 Å². The van der Waals surface area contributed by atoms with Crippen molar-refractivity contribution >= 4 is 16.8 Å². The number of carbonyl (C=O) groups is 1. The van der Waals surface area contributed by atoms with Crippen LogP contribution in [0.4, 0.5) is 4.39 Å². The summed E-state index contributed by atoms with van der Waals surface area (Å²) >= 11 is 0. The fourth-order valence-corrected chi connectivity index (χ4v) is 5.26. The average Bonchev–Trinajstić information content (AvgIpc) is 2.86. The third-order valence-corrected chi connectivity index (χ3v) is 7.23. The lowest BCUT2D eigenvalue weighted by atomic mass is 9.72. The van der Waals surface area contributed by atoms with Gasteiger partial charge in [0.15, 0.2) is 0 Å². The quantitative estimate of drug-likeness (QED) is 0.611. The third kappa shape index (κ3) is 4.17. The van der Waals surface area contributed by atoms with E-state index in [1.54, 1.807) is 4.57 Å². The molecule has 0 atom stereocenters. The number of amides is 1. The SMILES string of the molecule is O=C(N1CCC(Cn2cnc3cc(F)ccc3c2=O)CC1)C1(c2ccccc2)CCOCC1. The van der Waals surface area contributed by atoms with Crippen LogP contribution in [0.25, 0.3) is 10.9 Å². The number of hydrogen-bond donors (Lipinski definition) is 0. The molecule has 2 aromatic carbocycles. The molecule has 0 N–H and O–H groups in total. The van der Waals surface area contributed by atoms with Crippen LogP contribution >= 0.6 is 0 Å². The van der Waals surface area contributed by atoms with Crippen LogP contribution in [-0.4, -0.2) is 46.7 Å². The van der Waals surface area contributed by atoms with E-state index >= 15 is 0 Å². The fourth-order valence-electron chi connectivity index (χ4n) is 5.26. The molecule has 7 heteroatoms. The number of ether oxygens (including phenoxy) is 1. The summed E-state index contributed by atoms with van der Waals surface area (Å²) < 4.78 is 20.6. The Morgan fingerprint density at radius 3 is 2.55 bits per heavy atom. The van der Waals surface area contributed by atoms with Gasteiger partial charge >= 0.3 is 0 Å². The summed E-state index contributed by atoms with van der Waals surface area (Å²) in [5.74, 6) is 0.0813. The molecule has 2 fully saturated rings. The van der Waals surface area contributed by atoms with Crippen LogP contribution in [0, 0.1) is 11.7 Å². The first-order chi connectivity index (χ1) is 16.1. The van der Waals surface area contributed by atoms with Gasteiger partial charge in [-0.05, 0) is 49.3 Å². The molecule has 2 aliphatic heterocycles. The van der Waals surface area contributed by atoms with Crippen LogP contribution in [0.5, 0.6) is 0 Å². The highest BCUT2D eigenvalue weighted by Gasteiger charge is 2.44. The van der Waals surface area contributed by atoms with Gasteiger partial charge in [0.05, 0.1) is 22.6 Å². The van der Waals surface area contributed by atoms with Crippen molar-refractivity contribution in [3.63, 3.8) is 0 Å². The summed E-state index contributed by atoms with van der Waals surface area (Å²) in [6.45, 7) is 3.11. The van der Waals surface area contributed by atoms with Gasteiger partial charge in [-0.15, -0.1) is 0 Å². The number of likely N-dealkylation sites (tertiary alicyclic amines) is 1. The number of fused-ring (bicyclic) bond motifs is 1. The second kappa shape index (κ2) is 9.06. The molecule has 5 rings (SSSR count). The Balaban J connectivity index is 1.28. The minimum absolute atomic E-state index is 0.149. The maximum Gasteiger partial charge on any atom is 0.261 e. The predicted octanol–water partition coefficient (Wildman–Crippen LogP) is 3.52. The van der Waals surface area contributed by atoms with Crippen molar-refractivity contribution in [1.29, 1.82) is 0 Å². The molecule has 0 radical (unpaired) electrons. The monoisotopic (exact) mass is 449 g/mol. The van der Waals surface area contributed by atoms with E-state index < -0.39 is 11.2 Å². The van der Waals surface area contributed by atoms with E-state index in [0.29, 0.717) is 56.6 Å². The highest BCUT2D eigenvalue weighted by Crippen LogP contribution is 2.37. The van der Waals surface area contributed by atoms with Gasteiger partial charge in [0.25, 0.3) is 5.56 Å². The van der Waals surface area contributed by atoms with Crippen molar-refractivity contribution < 1.29 is 13.9 Å². The number of benzene rings is 2. The minimum Gasteiger partial charge on any atom is -0.381 e. The maximum absolute atomic E-state index is 13.7. The van der Waals surface area contributed by atoms with Crippen molar-refractivity contribution in [3.8, 4) is 0 Å². The van der Waals surface area contributed by atoms with E-state index in [1.165, 1.54) is 24.5 Å². The Morgan fingerprint density at radius 1 is 1.09 bits per heavy atom. The summed E-state index contributed by atoms with van der Waals surface area (Å²) in [5, 5.41) is 0.427. The zero-order valence-corrected chi connectivity index (χ0v) is 18.6. The first-order valence-corrected chi connectivity index (χ1v) is 11.6. The average molecular weight is 450 g/mol. The van der Waals surface area contributed by atoms with E-state index in [1.807, 2.05) is 23.1 Å². The van der Waals surface area contributed by atoms with Crippen molar-refractivity contribution in [1.82, 2.24) is 14.5 Å². The summed E-state index contributed by atoms with van der Waals surface area (Å²) in [5.41, 5.74) is 0.787. The normalized spacial score (nSPS) is 19.0. The van der Waals surface area contributed by atoms with E-state index in [2.05, 4.69) is 17.1 Å². The van der Waals surface area contributed by atoms with Gasteiger partial charge in [-0.25, -0.2) is 9.37 Å². The van der Waals surface area contributed by atoms with Crippen molar-refractivity contribution in [2.75, 3.05) is 26.3 Å². The largest absolute Gasteiger partial charge is 0.381 e. The molecule has 1 amide bonds. The fraction of sp³-hybridized carbons (Fsp3) is 0.423. The van der Waals surface area contributed by atoms with Crippen LogP contribution in [0.15, 0.2) is 59.7 Å². The second-order valence-corrected chi connectivity index (χ2v) is 9.16.